The number of benzene rings is 2. The Morgan fingerprint density at radius 3 is 1.81 bits per heavy atom. The summed E-state index contributed by atoms with van der Waals surface area (Å²) in [6.45, 7) is 5.83. The first kappa shape index (κ1) is 21.4. The Morgan fingerprint density at radius 2 is 1.35 bits per heavy atom. The van der Waals surface area contributed by atoms with E-state index in [2.05, 4.69) is 10.2 Å². The van der Waals surface area contributed by atoms with Crippen LogP contribution in [0.5, 0.6) is 0 Å². The minimum Gasteiger partial charge on any atom is -0.353 e. The number of nitrogens with zero attached hydrogens (tertiary/aromatic N) is 2. The molecule has 2 atom stereocenters. The summed E-state index contributed by atoms with van der Waals surface area (Å²) in [5.74, 6) is 0.0885. The van der Waals surface area contributed by atoms with Crippen LogP contribution >= 0.6 is 0 Å². The van der Waals surface area contributed by atoms with Gasteiger partial charge in [0.05, 0.1) is 11.4 Å². The molecule has 2 aromatic carbocycles. The Bertz CT molecular complexity index is 854. The van der Waals surface area contributed by atoms with E-state index in [1.165, 1.54) is 0 Å². The van der Waals surface area contributed by atoms with Gasteiger partial charge >= 0.3 is 6.03 Å². The van der Waals surface area contributed by atoms with E-state index in [0.717, 1.165) is 43.5 Å². The first-order valence-corrected chi connectivity index (χ1v) is 11.4. The van der Waals surface area contributed by atoms with Crippen molar-refractivity contribution in [3.8, 4) is 0 Å². The van der Waals surface area contributed by atoms with Gasteiger partial charge in [-0.3, -0.25) is 9.69 Å². The summed E-state index contributed by atoms with van der Waals surface area (Å²) in [6, 6.07) is 20.2. The van der Waals surface area contributed by atoms with Crippen LogP contribution in [-0.2, 0) is 4.79 Å². The molecule has 2 aliphatic heterocycles. The lowest BCUT2D eigenvalue weighted by Crippen LogP contribution is -2.61. The fourth-order valence-electron chi connectivity index (χ4n) is 4.85. The molecule has 2 aromatic rings. The van der Waals surface area contributed by atoms with Crippen molar-refractivity contribution in [2.75, 3.05) is 4.90 Å². The second-order valence-corrected chi connectivity index (χ2v) is 9.83. The van der Waals surface area contributed by atoms with Crippen LogP contribution in [0.4, 0.5) is 16.2 Å². The summed E-state index contributed by atoms with van der Waals surface area (Å²) in [5, 5.41) is 3.25. The Hall–Kier alpha value is -2.82. The van der Waals surface area contributed by atoms with Gasteiger partial charge in [-0.15, -0.1) is 0 Å². The van der Waals surface area contributed by atoms with Crippen LogP contribution in [-0.4, -0.2) is 35.0 Å². The summed E-state index contributed by atoms with van der Waals surface area (Å²) >= 11 is 0. The standard InChI is InChI=1S/C26H33N3O2/c1-26(2,3)24(30)27-19-17-22-15-10-16-23(18-19)29(22)25(31)28(20-11-6-4-7-12-20)21-13-8-5-9-14-21/h4-9,11-14,19,22-23H,10,15-18H2,1-3H3,(H,27,30)/t22-,23-/m1/s1. The lowest BCUT2D eigenvalue weighted by atomic mass is 9.81. The van der Waals surface area contributed by atoms with Crippen molar-refractivity contribution in [1.82, 2.24) is 10.2 Å². The van der Waals surface area contributed by atoms with E-state index in [9.17, 15) is 9.59 Å². The van der Waals surface area contributed by atoms with Gasteiger partial charge in [-0.25, -0.2) is 4.79 Å². The predicted molar refractivity (Wildman–Crippen MR) is 124 cm³/mol. The lowest BCUT2D eigenvalue weighted by molar-refractivity contribution is -0.129. The zero-order valence-electron chi connectivity index (χ0n) is 18.8. The number of nitrogens with one attached hydrogen (secondary N) is 1. The van der Waals surface area contributed by atoms with Crippen LogP contribution in [0.1, 0.15) is 52.9 Å². The number of hydrogen-bond acceptors (Lipinski definition) is 2. The van der Waals surface area contributed by atoms with Crippen LogP contribution < -0.4 is 10.2 Å². The Labute approximate surface area is 185 Å². The quantitative estimate of drug-likeness (QED) is 0.715. The maximum absolute atomic E-state index is 14.0. The fraction of sp³-hybridized carbons (Fsp3) is 0.462. The highest BCUT2D eigenvalue weighted by Gasteiger charge is 2.43. The van der Waals surface area contributed by atoms with E-state index in [-0.39, 0.29) is 30.1 Å². The highest BCUT2D eigenvalue weighted by molar-refractivity contribution is 5.99. The van der Waals surface area contributed by atoms with E-state index in [0.29, 0.717) is 0 Å². The number of anilines is 2. The van der Waals surface area contributed by atoms with Gasteiger partial charge < -0.3 is 10.2 Å². The monoisotopic (exact) mass is 419 g/mol. The van der Waals surface area contributed by atoms with E-state index in [4.69, 9.17) is 0 Å². The molecule has 164 valence electrons. The molecule has 1 N–H and O–H groups in total. The molecule has 2 heterocycles. The first-order chi connectivity index (χ1) is 14.8. The smallest absolute Gasteiger partial charge is 0.329 e. The van der Waals surface area contributed by atoms with Crippen molar-refractivity contribution < 1.29 is 9.59 Å². The van der Waals surface area contributed by atoms with Crippen molar-refractivity contribution in [1.29, 1.82) is 0 Å². The molecule has 0 radical (unpaired) electrons. The molecule has 5 heteroatoms. The molecule has 0 aromatic heterocycles. The molecule has 2 saturated heterocycles. The number of amides is 3. The number of rotatable bonds is 3. The maximum Gasteiger partial charge on any atom is 0.329 e. The van der Waals surface area contributed by atoms with Gasteiger partial charge in [-0.2, -0.15) is 0 Å². The molecular formula is C26H33N3O2. The van der Waals surface area contributed by atoms with Gasteiger partial charge in [0, 0.05) is 23.5 Å². The summed E-state index contributed by atoms with van der Waals surface area (Å²) in [5.41, 5.74) is 1.35. The Kier molecular flexibility index (Phi) is 6.03. The third kappa shape index (κ3) is 4.60. The van der Waals surface area contributed by atoms with Gasteiger partial charge in [0.15, 0.2) is 0 Å². The predicted octanol–water partition coefficient (Wildman–Crippen LogP) is 5.49. The molecule has 31 heavy (non-hydrogen) atoms. The summed E-state index contributed by atoms with van der Waals surface area (Å²) in [6.07, 6.45) is 4.75. The molecule has 2 fully saturated rings. The van der Waals surface area contributed by atoms with Gasteiger partial charge in [-0.05, 0) is 56.4 Å². The van der Waals surface area contributed by atoms with E-state index in [1.54, 1.807) is 0 Å². The van der Waals surface area contributed by atoms with Crippen LogP contribution in [0.25, 0.3) is 0 Å². The van der Waals surface area contributed by atoms with Crippen LogP contribution in [0.15, 0.2) is 60.7 Å². The fourth-order valence-corrected chi connectivity index (χ4v) is 4.85. The summed E-state index contributed by atoms with van der Waals surface area (Å²) in [7, 11) is 0. The largest absolute Gasteiger partial charge is 0.353 e. The third-order valence-electron chi connectivity index (χ3n) is 6.43. The molecule has 5 nitrogen and oxygen atoms in total. The van der Waals surface area contributed by atoms with Gasteiger partial charge in [-0.1, -0.05) is 57.2 Å². The Balaban J connectivity index is 1.59. The highest BCUT2D eigenvalue weighted by atomic mass is 16.2. The number of fused-ring (bicyclic) bond motifs is 2. The van der Waals surface area contributed by atoms with E-state index in [1.807, 2.05) is 86.3 Å². The van der Waals surface area contributed by atoms with E-state index < -0.39 is 5.41 Å². The van der Waals surface area contributed by atoms with Crippen molar-refractivity contribution in [3.63, 3.8) is 0 Å². The third-order valence-corrected chi connectivity index (χ3v) is 6.43. The van der Waals surface area contributed by atoms with Gasteiger partial charge in [0.2, 0.25) is 5.91 Å². The second kappa shape index (κ2) is 8.74. The molecule has 0 saturated carbocycles. The molecule has 0 aliphatic carbocycles. The highest BCUT2D eigenvalue weighted by Crippen LogP contribution is 2.37. The van der Waals surface area contributed by atoms with Crippen LogP contribution in [0.2, 0.25) is 0 Å². The van der Waals surface area contributed by atoms with Gasteiger partial charge in [0.25, 0.3) is 0 Å². The SMILES string of the molecule is CC(C)(C)C(=O)NC1C[C@H]2CCC[C@H](C1)N2C(=O)N(c1ccccc1)c1ccccc1. The molecule has 2 aliphatic rings. The minimum absolute atomic E-state index is 0.0349. The lowest BCUT2D eigenvalue weighted by Gasteiger charge is -2.50. The normalized spacial score (nSPS) is 23.2. The maximum atomic E-state index is 14.0. The number of carbonyl (C=O) groups is 2. The summed E-state index contributed by atoms with van der Waals surface area (Å²) in [4.78, 5) is 30.4. The molecule has 2 bridgehead atoms. The number of urea groups is 1. The van der Waals surface area contributed by atoms with E-state index >= 15 is 0 Å². The minimum atomic E-state index is -0.403. The number of carbonyl (C=O) groups excluding carboxylic acids is 2. The Morgan fingerprint density at radius 1 is 0.871 bits per heavy atom. The van der Waals surface area contributed by atoms with Crippen molar-refractivity contribution >= 4 is 23.3 Å². The van der Waals surface area contributed by atoms with Crippen LogP contribution in [0, 0.1) is 5.41 Å². The number of piperidine rings is 2. The molecule has 4 rings (SSSR count). The van der Waals surface area contributed by atoms with Crippen LogP contribution in [0.3, 0.4) is 0 Å². The van der Waals surface area contributed by atoms with Crippen molar-refractivity contribution in [3.05, 3.63) is 60.7 Å². The number of hydrogen-bond donors (Lipinski definition) is 1. The molecule has 3 amide bonds. The number of para-hydroxylation sites is 2. The molecule has 0 unspecified atom stereocenters. The molecular weight excluding hydrogens is 386 g/mol. The molecule has 0 spiro atoms. The zero-order valence-corrected chi connectivity index (χ0v) is 18.8. The first-order valence-electron chi connectivity index (χ1n) is 11.4. The van der Waals surface area contributed by atoms with Gasteiger partial charge in [0.1, 0.15) is 0 Å². The summed E-state index contributed by atoms with van der Waals surface area (Å²) < 4.78 is 0. The second-order valence-electron chi connectivity index (χ2n) is 9.83. The van der Waals surface area contributed by atoms with Crippen molar-refractivity contribution in [2.24, 2.45) is 5.41 Å². The topological polar surface area (TPSA) is 52.7 Å². The average Bonchev–Trinajstić information content (AvgIpc) is 2.74. The average molecular weight is 420 g/mol. The zero-order chi connectivity index (χ0) is 22.0. The van der Waals surface area contributed by atoms with Crippen molar-refractivity contribution in [2.45, 2.75) is 71.0 Å².